The van der Waals surface area contributed by atoms with Crippen LogP contribution in [-0.4, -0.2) is 25.8 Å². The van der Waals surface area contributed by atoms with Crippen LogP contribution in [0, 0.1) is 0 Å². The number of nitrogens with one attached hydrogen (secondary N) is 1. The summed E-state index contributed by atoms with van der Waals surface area (Å²) in [5.74, 6) is 0.423. The first-order valence-corrected chi connectivity index (χ1v) is 8.83. The Bertz CT molecular complexity index is 1210. The van der Waals surface area contributed by atoms with Gasteiger partial charge in [-0.05, 0) is 30.3 Å². The Morgan fingerprint density at radius 2 is 2.04 bits per heavy atom. The van der Waals surface area contributed by atoms with Crippen LogP contribution in [0.3, 0.4) is 0 Å². The van der Waals surface area contributed by atoms with Gasteiger partial charge in [-0.3, -0.25) is 9.69 Å². The number of carbonyl (C=O) groups excluding carboxylic acids is 1. The lowest BCUT2D eigenvalue weighted by Crippen LogP contribution is -2.26. The topological polar surface area (TPSA) is 114 Å². The van der Waals surface area contributed by atoms with E-state index in [4.69, 9.17) is 21.8 Å². The Balaban J connectivity index is 1.61. The van der Waals surface area contributed by atoms with E-state index in [1.54, 1.807) is 12.3 Å². The van der Waals surface area contributed by atoms with Gasteiger partial charge in [0.15, 0.2) is 11.4 Å². The third-order valence-electron chi connectivity index (χ3n) is 4.42. The molecule has 0 saturated heterocycles. The molecule has 0 unspecified atom stereocenters. The molecule has 8 nitrogen and oxygen atoms in total. The van der Waals surface area contributed by atoms with Crippen molar-refractivity contribution < 1.29 is 9.21 Å². The number of hydrogen-bond donors (Lipinski definition) is 2. The Morgan fingerprint density at radius 3 is 2.82 bits per heavy atom. The van der Waals surface area contributed by atoms with Crippen molar-refractivity contribution >= 4 is 52.0 Å². The van der Waals surface area contributed by atoms with Gasteiger partial charge in [-0.2, -0.15) is 4.98 Å². The third kappa shape index (κ3) is 2.62. The van der Waals surface area contributed by atoms with Crippen molar-refractivity contribution in [1.82, 2.24) is 19.9 Å². The maximum atomic E-state index is 13.2. The van der Waals surface area contributed by atoms with Crippen molar-refractivity contribution in [2.75, 3.05) is 10.6 Å². The van der Waals surface area contributed by atoms with Gasteiger partial charge in [-0.25, -0.2) is 9.97 Å². The van der Waals surface area contributed by atoms with E-state index in [1.807, 2.05) is 36.4 Å². The first-order valence-electron chi connectivity index (χ1n) is 8.45. The summed E-state index contributed by atoms with van der Waals surface area (Å²) in [6, 6.07) is 11.1. The van der Waals surface area contributed by atoms with Crippen LogP contribution >= 0.6 is 11.6 Å². The fourth-order valence-electron chi connectivity index (χ4n) is 3.21. The second-order valence-corrected chi connectivity index (χ2v) is 6.58. The van der Waals surface area contributed by atoms with E-state index in [0.717, 1.165) is 5.69 Å². The number of amides is 1. The molecular formula is C19H13ClN6O2. The van der Waals surface area contributed by atoms with Crippen molar-refractivity contribution in [2.45, 2.75) is 6.54 Å². The largest absolute Gasteiger partial charge is 0.439 e. The number of oxazole rings is 1. The number of aromatic amines is 1. The second kappa shape index (κ2) is 6.21. The predicted molar refractivity (Wildman–Crippen MR) is 105 cm³/mol. The van der Waals surface area contributed by atoms with Gasteiger partial charge in [0.05, 0.1) is 11.1 Å². The highest BCUT2D eigenvalue weighted by Crippen LogP contribution is 2.41. The number of aromatic nitrogens is 4. The quantitative estimate of drug-likeness (QED) is 0.408. The molecule has 1 amide bonds. The molecule has 0 fully saturated rings. The second-order valence-electron chi connectivity index (χ2n) is 6.22. The number of halogens is 1. The number of nitrogen functional groups attached to an aromatic ring is 1. The molecule has 9 heteroatoms. The highest BCUT2D eigenvalue weighted by molar-refractivity contribution is 6.41. The number of rotatable bonds is 3. The van der Waals surface area contributed by atoms with E-state index in [9.17, 15) is 4.79 Å². The molecule has 1 aliphatic heterocycles. The summed E-state index contributed by atoms with van der Waals surface area (Å²) in [6.45, 7) is 0.0926. The maximum absolute atomic E-state index is 13.2. The molecule has 138 valence electrons. The van der Waals surface area contributed by atoms with Gasteiger partial charge in [-0.15, -0.1) is 0 Å². The normalized spacial score (nSPS) is 15.0. The van der Waals surface area contributed by atoms with Crippen LogP contribution in [0.4, 0.5) is 11.8 Å². The number of H-pyrrole nitrogens is 1. The number of carbonyl (C=O) groups is 1. The Labute approximate surface area is 163 Å². The molecule has 5 rings (SSSR count). The molecule has 3 N–H and O–H groups in total. The molecule has 0 atom stereocenters. The minimum Gasteiger partial charge on any atom is -0.439 e. The van der Waals surface area contributed by atoms with Crippen LogP contribution in [0.15, 0.2) is 47.0 Å². The maximum Gasteiger partial charge on any atom is 0.260 e. The Hall–Kier alpha value is -3.65. The lowest BCUT2D eigenvalue weighted by Gasteiger charge is -2.13. The van der Waals surface area contributed by atoms with Crippen molar-refractivity contribution in [3.63, 3.8) is 0 Å². The lowest BCUT2D eigenvalue weighted by molar-refractivity contribution is -0.113. The van der Waals surface area contributed by atoms with Gasteiger partial charge in [0.25, 0.3) is 5.91 Å². The summed E-state index contributed by atoms with van der Waals surface area (Å²) in [6.07, 6.45) is 3.47. The van der Waals surface area contributed by atoms with E-state index in [0.29, 0.717) is 33.9 Å². The molecule has 0 saturated carbocycles. The number of nitrogens with two attached hydrogens (primary N) is 1. The van der Waals surface area contributed by atoms with Crippen molar-refractivity contribution in [3.8, 4) is 0 Å². The van der Waals surface area contributed by atoms with Gasteiger partial charge in [0.2, 0.25) is 11.8 Å². The summed E-state index contributed by atoms with van der Waals surface area (Å²) < 4.78 is 5.76. The first kappa shape index (κ1) is 16.5. The smallest absolute Gasteiger partial charge is 0.260 e. The molecule has 0 bridgehead atoms. The molecule has 0 radical (unpaired) electrons. The monoisotopic (exact) mass is 392 g/mol. The molecule has 0 spiro atoms. The zero-order valence-corrected chi connectivity index (χ0v) is 15.1. The summed E-state index contributed by atoms with van der Waals surface area (Å²) in [7, 11) is 0. The lowest BCUT2D eigenvalue weighted by atomic mass is 10.1. The van der Waals surface area contributed by atoms with Crippen molar-refractivity contribution in [2.24, 2.45) is 0 Å². The molecule has 28 heavy (non-hydrogen) atoms. The highest BCUT2D eigenvalue weighted by atomic mass is 35.5. The average Bonchev–Trinajstić information content (AvgIpc) is 3.37. The van der Waals surface area contributed by atoms with Crippen LogP contribution in [0.2, 0.25) is 5.15 Å². The number of para-hydroxylation sites is 2. The predicted octanol–water partition coefficient (Wildman–Crippen LogP) is 3.27. The first-order chi connectivity index (χ1) is 13.6. The van der Waals surface area contributed by atoms with Crippen LogP contribution in [0.5, 0.6) is 0 Å². The number of hydrogen-bond acceptors (Lipinski definition) is 6. The molecule has 3 aromatic heterocycles. The molecule has 4 aromatic rings. The number of anilines is 2. The van der Waals surface area contributed by atoms with Crippen LogP contribution in [-0.2, 0) is 11.3 Å². The SMILES string of the molecule is Nc1nc(Cl)c2c(n1)N(Cc1nc3ccccc3o1)C(=O)/C2=C\c1ccc[nH]1. The fourth-order valence-corrected chi connectivity index (χ4v) is 3.48. The Morgan fingerprint density at radius 1 is 1.18 bits per heavy atom. The average molecular weight is 393 g/mol. The van der Waals surface area contributed by atoms with Gasteiger partial charge in [0, 0.05) is 11.9 Å². The van der Waals surface area contributed by atoms with Gasteiger partial charge < -0.3 is 15.1 Å². The zero-order chi connectivity index (χ0) is 19.3. The number of fused-ring (bicyclic) bond motifs is 2. The van der Waals surface area contributed by atoms with Crippen LogP contribution in [0.1, 0.15) is 17.1 Å². The minimum atomic E-state index is -0.284. The summed E-state index contributed by atoms with van der Waals surface area (Å²) in [5, 5.41) is 0.119. The molecule has 1 aromatic carbocycles. The fraction of sp³-hybridized carbons (Fsp3) is 0.0526. The zero-order valence-electron chi connectivity index (χ0n) is 14.4. The van der Waals surface area contributed by atoms with E-state index in [1.165, 1.54) is 4.90 Å². The third-order valence-corrected chi connectivity index (χ3v) is 4.69. The van der Waals surface area contributed by atoms with E-state index < -0.39 is 0 Å². The van der Waals surface area contributed by atoms with Crippen LogP contribution in [0.25, 0.3) is 22.7 Å². The van der Waals surface area contributed by atoms with Gasteiger partial charge in [0.1, 0.15) is 17.2 Å². The van der Waals surface area contributed by atoms with E-state index >= 15 is 0 Å². The highest BCUT2D eigenvalue weighted by Gasteiger charge is 2.37. The summed E-state index contributed by atoms with van der Waals surface area (Å²) in [5.41, 5.74) is 8.69. The minimum absolute atomic E-state index is 0.0137. The molecule has 4 heterocycles. The summed E-state index contributed by atoms with van der Waals surface area (Å²) >= 11 is 6.31. The molecule has 1 aliphatic rings. The number of benzene rings is 1. The van der Waals surface area contributed by atoms with E-state index in [2.05, 4.69) is 19.9 Å². The summed E-state index contributed by atoms with van der Waals surface area (Å²) in [4.78, 5) is 30.3. The van der Waals surface area contributed by atoms with Gasteiger partial charge >= 0.3 is 0 Å². The molecular weight excluding hydrogens is 380 g/mol. The van der Waals surface area contributed by atoms with Crippen LogP contribution < -0.4 is 10.6 Å². The number of nitrogens with zero attached hydrogens (tertiary/aromatic N) is 4. The molecule has 0 aliphatic carbocycles. The van der Waals surface area contributed by atoms with Gasteiger partial charge in [-0.1, -0.05) is 23.7 Å². The van der Waals surface area contributed by atoms with Crippen molar-refractivity contribution in [3.05, 3.63) is 64.9 Å². The standard InChI is InChI=1S/C19H13ClN6O2/c20-16-15-11(8-10-4-3-7-22-10)18(27)26(17(15)25-19(21)24-16)9-14-23-12-5-1-2-6-13(12)28-14/h1-8,22H,9H2,(H2,21,24,25)/b11-8-. The Kier molecular flexibility index (Phi) is 3.66. The van der Waals surface area contributed by atoms with E-state index in [-0.39, 0.29) is 23.6 Å². The van der Waals surface area contributed by atoms with Crippen molar-refractivity contribution in [1.29, 1.82) is 0 Å².